The van der Waals surface area contributed by atoms with Crippen molar-refractivity contribution in [2.24, 2.45) is 0 Å². The van der Waals surface area contributed by atoms with Crippen LogP contribution in [-0.2, 0) is 0 Å². The second-order valence-corrected chi connectivity index (χ2v) is 6.66. The number of halogens is 1. The van der Waals surface area contributed by atoms with Gasteiger partial charge in [0, 0.05) is 16.8 Å². The van der Waals surface area contributed by atoms with Gasteiger partial charge in [0.15, 0.2) is 0 Å². The van der Waals surface area contributed by atoms with Crippen LogP contribution in [0.2, 0.25) is 5.02 Å². The number of rotatable bonds is 4. The largest absolute Gasteiger partial charge is 0.381 e. The van der Waals surface area contributed by atoms with Crippen LogP contribution in [-0.4, -0.2) is 16.9 Å². The van der Waals surface area contributed by atoms with Crippen LogP contribution in [0, 0.1) is 0 Å². The molecule has 0 unspecified atom stereocenters. The van der Waals surface area contributed by atoms with Gasteiger partial charge in [0.25, 0.3) is 5.91 Å². The zero-order chi connectivity index (χ0) is 16.8. The van der Waals surface area contributed by atoms with E-state index in [2.05, 4.69) is 15.6 Å². The van der Waals surface area contributed by atoms with Crippen LogP contribution < -0.4 is 10.6 Å². The normalized spacial score (nSPS) is 15.5. The van der Waals surface area contributed by atoms with Crippen molar-refractivity contribution in [3.05, 3.63) is 53.3 Å². The van der Waals surface area contributed by atoms with Gasteiger partial charge in [-0.2, -0.15) is 0 Å². The molecule has 0 saturated heterocycles. The second-order valence-electron chi connectivity index (χ2n) is 6.23. The minimum atomic E-state index is -0.224. The van der Waals surface area contributed by atoms with Gasteiger partial charge in [0.1, 0.15) is 5.69 Å². The molecule has 1 aromatic heterocycles. The summed E-state index contributed by atoms with van der Waals surface area (Å²) in [5.74, 6) is -0.224. The van der Waals surface area contributed by atoms with Crippen LogP contribution in [0.1, 0.15) is 49.0 Å². The van der Waals surface area contributed by atoms with Gasteiger partial charge in [-0.1, -0.05) is 37.3 Å². The summed E-state index contributed by atoms with van der Waals surface area (Å²) in [6.45, 7) is 0. The number of carbonyl (C=O) groups excluding carboxylic acids is 1. The lowest BCUT2D eigenvalue weighted by molar-refractivity contribution is 0.102. The fourth-order valence-electron chi connectivity index (χ4n) is 3.00. The molecule has 2 aromatic rings. The number of aromatic nitrogens is 1. The number of amides is 1. The van der Waals surface area contributed by atoms with E-state index >= 15 is 0 Å². The van der Waals surface area contributed by atoms with E-state index < -0.39 is 0 Å². The average molecular weight is 344 g/mol. The highest BCUT2D eigenvalue weighted by Gasteiger charge is 2.13. The molecule has 0 spiro atoms. The molecule has 1 fully saturated rings. The Bertz CT molecular complexity index is 662. The number of carbonyl (C=O) groups is 1. The molecule has 1 amide bonds. The Morgan fingerprint density at radius 3 is 2.25 bits per heavy atom. The summed E-state index contributed by atoms with van der Waals surface area (Å²) in [6.07, 6.45) is 9.39. The van der Waals surface area contributed by atoms with Crippen LogP contribution in [0.4, 0.5) is 11.4 Å². The van der Waals surface area contributed by atoms with E-state index in [1.165, 1.54) is 38.5 Å². The molecule has 1 aliphatic rings. The highest BCUT2D eigenvalue weighted by Crippen LogP contribution is 2.21. The highest BCUT2D eigenvalue weighted by atomic mass is 35.5. The predicted molar refractivity (Wildman–Crippen MR) is 98.8 cm³/mol. The lowest BCUT2D eigenvalue weighted by Crippen LogP contribution is -2.19. The maximum Gasteiger partial charge on any atom is 0.274 e. The van der Waals surface area contributed by atoms with Crippen LogP contribution in [0.15, 0.2) is 42.6 Å². The second kappa shape index (κ2) is 8.15. The fraction of sp³-hybridized carbons (Fsp3) is 0.368. The van der Waals surface area contributed by atoms with Crippen molar-refractivity contribution < 1.29 is 4.79 Å². The number of benzene rings is 1. The first-order valence-corrected chi connectivity index (χ1v) is 8.88. The summed E-state index contributed by atoms with van der Waals surface area (Å²) < 4.78 is 0. The zero-order valence-corrected chi connectivity index (χ0v) is 14.4. The van der Waals surface area contributed by atoms with Crippen molar-refractivity contribution in [2.75, 3.05) is 10.6 Å². The number of hydrogen-bond acceptors (Lipinski definition) is 3. The standard InChI is InChI=1S/C19H22ClN3O/c20-14-7-9-16(10-8-14)23-19(24)18-12-11-17(13-21-18)22-15-5-3-1-2-4-6-15/h7-13,15,22H,1-6H2,(H,23,24). The van der Waals surface area contributed by atoms with Crippen molar-refractivity contribution in [1.82, 2.24) is 4.98 Å². The molecule has 126 valence electrons. The van der Waals surface area contributed by atoms with Crippen LogP contribution in [0.3, 0.4) is 0 Å². The van der Waals surface area contributed by atoms with Crippen molar-refractivity contribution in [1.29, 1.82) is 0 Å². The third-order valence-corrected chi connectivity index (χ3v) is 4.58. The lowest BCUT2D eigenvalue weighted by atomic mass is 10.1. The molecular weight excluding hydrogens is 322 g/mol. The summed E-state index contributed by atoms with van der Waals surface area (Å²) in [6, 6.07) is 11.2. The average Bonchev–Trinajstić information content (AvgIpc) is 2.86. The first kappa shape index (κ1) is 16.8. The van der Waals surface area contributed by atoms with E-state index in [-0.39, 0.29) is 5.91 Å². The molecule has 4 nitrogen and oxygen atoms in total. The van der Waals surface area contributed by atoms with Gasteiger partial charge < -0.3 is 10.6 Å². The van der Waals surface area contributed by atoms with Gasteiger partial charge in [-0.3, -0.25) is 4.79 Å². The third-order valence-electron chi connectivity index (χ3n) is 4.32. The fourth-order valence-corrected chi connectivity index (χ4v) is 3.13. The Morgan fingerprint density at radius 1 is 0.958 bits per heavy atom. The summed E-state index contributed by atoms with van der Waals surface area (Å²) in [5, 5.41) is 6.99. The van der Waals surface area contributed by atoms with Crippen LogP contribution >= 0.6 is 11.6 Å². The van der Waals surface area contributed by atoms with Gasteiger partial charge in [0.2, 0.25) is 0 Å². The van der Waals surface area contributed by atoms with Crippen molar-refractivity contribution in [3.8, 4) is 0 Å². The van der Waals surface area contributed by atoms with Gasteiger partial charge in [-0.15, -0.1) is 0 Å². The minimum absolute atomic E-state index is 0.224. The third kappa shape index (κ3) is 4.71. The molecule has 3 rings (SSSR count). The van der Waals surface area contributed by atoms with Gasteiger partial charge >= 0.3 is 0 Å². The molecule has 0 atom stereocenters. The van der Waals surface area contributed by atoms with E-state index in [4.69, 9.17) is 11.6 Å². The molecule has 1 aromatic carbocycles. The van der Waals surface area contributed by atoms with Gasteiger partial charge in [-0.25, -0.2) is 4.98 Å². The van der Waals surface area contributed by atoms with Crippen molar-refractivity contribution >= 4 is 28.9 Å². The number of pyridine rings is 1. The van der Waals surface area contributed by atoms with E-state index in [1.54, 1.807) is 36.5 Å². The van der Waals surface area contributed by atoms with Gasteiger partial charge in [-0.05, 0) is 49.2 Å². The minimum Gasteiger partial charge on any atom is -0.381 e. The predicted octanol–water partition coefficient (Wildman–Crippen LogP) is 5.12. The maximum atomic E-state index is 12.2. The molecule has 0 radical (unpaired) electrons. The topological polar surface area (TPSA) is 54.0 Å². The molecular formula is C19H22ClN3O. The monoisotopic (exact) mass is 343 g/mol. The molecule has 0 bridgehead atoms. The number of anilines is 2. The zero-order valence-electron chi connectivity index (χ0n) is 13.6. The number of nitrogens with zero attached hydrogens (tertiary/aromatic N) is 1. The molecule has 24 heavy (non-hydrogen) atoms. The maximum absolute atomic E-state index is 12.2. The Hall–Kier alpha value is -2.07. The highest BCUT2D eigenvalue weighted by molar-refractivity contribution is 6.30. The first-order valence-electron chi connectivity index (χ1n) is 8.50. The van der Waals surface area contributed by atoms with E-state index in [0.29, 0.717) is 22.4 Å². The Morgan fingerprint density at radius 2 is 1.62 bits per heavy atom. The molecule has 0 aliphatic heterocycles. The van der Waals surface area contributed by atoms with Crippen molar-refractivity contribution in [3.63, 3.8) is 0 Å². The first-order chi connectivity index (χ1) is 11.7. The van der Waals surface area contributed by atoms with E-state index in [9.17, 15) is 4.79 Å². The van der Waals surface area contributed by atoms with Crippen molar-refractivity contribution in [2.45, 2.75) is 44.6 Å². The van der Waals surface area contributed by atoms with Crippen LogP contribution in [0.25, 0.3) is 0 Å². The smallest absolute Gasteiger partial charge is 0.274 e. The summed E-state index contributed by atoms with van der Waals surface area (Å²) in [5.41, 5.74) is 2.08. The molecule has 1 saturated carbocycles. The quantitative estimate of drug-likeness (QED) is 0.757. The number of nitrogens with one attached hydrogen (secondary N) is 2. The SMILES string of the molecule is O=C(Nc1ccc(Cl)cc1)c1ccc(NC2CCCCCC2)cn1. The molecule has 1 heterocycles. The Labute approximate surface area is 147 Å². The van der Waals surface area contributed by atoms with E-state index in [1.807, 2.05) is 6.07 Å². The lowest BCUT2D eigenvalue weighted by Gasteiger charge is -2.17. The summed E-state index contributed by atoms with van der Waals surface area (Å²) >= 11 is 5.84. The van der Waals surface area contributed by atoms with Crippen LogP contribution in [0.5, 0.6) is 0 Å². The molecule has 1 aliphatic carbocycles. The Kier molecular flexibility index (Phi) is 5.70. The van der Waals surface area contributed by atoms with E-state index in [0.717, 1.165) is 5.69 Å². The summed E-state index contributed by atoms with van der Waals surface area (Å²) in [4.78, 5) is 16.5. The summed E-state index contributed by atoms with van der Waals surface area (Å²) in [7, 11) is 0. The Balaban J connectivity index is 1.58. The molecule has 2 N–H and O–H groups in total. The van der Waals surface area contributed by atoms with Gasteiger partial charge in [0.05, 0.1) is 11.9 Å². The molecule has 5 heteroatoms. The number of hydrogen-bond donors (Lipinski definition) is 2.